The molecular weight excluding hydrogens is 414 g/mol. The van der Waals surface area contributed by atoms with Crippen LogP contribution in [0.2, 0.25) is 5.02 Å². The molecule has 0 aliphatic carbocycles. The molecule has 30 heavy (non-hydrogen) atoms. The van der Waals surface area contributed by atoms with E-state index < -0.39 is 0 Å². The Balaban J connectivity index is 1.83. The molecule has 0 saturated heterocycles. The molecule has 1 aliphatic rings. The summed E-state index contributed by atoms with van der Waals surface area (Å²) in [6.45, 7) is 1.73. The fourth-order valence-electron chi connectivity index (χ4n) is 3.76. The molecule has 0 fully saturated rings. The third-order valence-corrected chi connectivity index (χ3v) is 6.58. The predicted molar refractivity (Wildman–Crippen MR) is 122 cm³/mol. The van der Waals surface area contributed by atoms with Gasteiger partial charge in [-0.15, -0.1) is 11.8 Å². The van der Waals surface area contributed by atoms with Gasteiger partial charge in [0.2, 0.25) is 0 Å². The molecule has 6 heteroatoms. The van der Waals surface area contributed by atoms with E-state index in [2.05, 4.69) is 18.0 Å². The minimum absolute atomic E-state index is 0.618. The van der Waals surface area contributed by atoms with Gasteiger partial charge in [0.15, 0.2) is 0 Å². The summed E-state index contributed by atoms with van der Waals surface area (Å²) in [6.07, 6.45) is 0.869. The van der Waals surface area contributed by atoms with Crippen molar-refractivity contribution in [2.75, 3.05) is 20.7 Å². The Labute approximate surface area is 186 Å². The van der Waals surface area contributed by atoms with Crippen molar-refractivity contribution in [2.45, 2.75) is 23.7 Å². The fourth-order valence-corrected chi connectivity index (χ4v) is 4.85. The van der Waals surface area contributed by atoms with Gasteiger partial charge in [0, 0.05) is 47.1 Å². The molecule has 0 amide bonds. The number of pyridine rings is 1. The molecule has 0 spiro atoms. The molecule has 4 rings (SSSR count). The molecule has 0 bridgehead atoms. The predicted octanol–water partition coefficient (Wildman–Crippen LogP) is 5.56. The highest BCUT2D eigenvalue weighted by molar-refractivity contribution is 7.98. The van der Waals surface area contributed by atoms with Crippen molar-refractivity contribution in [3.63, 3.8) is 0 Å². The largest absolute Gasteiger partial charge is 0.496 e. The number of ether oxygens (including phenoxy) is 1. The summed E-state index contributed by atoms with van der Waals surface area (Å²) >= 11 is 7.60. The smallest absolute Gasteiger partial charge is 0.126 e. The third-order valence-electron chi connectivity index (χ3n) is 5.29. The number of methoxy groups -OCH3 is 1. The SMILES string of the molecule is COc1ccccc1-c1c(C#N)c(SCc2ccc(Cl)cc2)nc2c1CN(C)CC2. The maximum atomic E-state index is 10.2. The molecular formula is C24H22ClN3OS. The van der Waals surface area contributed by atoms with Crippen LogP contribution in [0.5, 0.6) is 5.75 Å². The zero-order chi connectivity index (χ0) is 21.1. The molecule has 0 saturated carbocycles. The second-order valence-corrected chi connectivity index (χ2v) is 8.71. The van der Waals surface area contributed by atoms with Gasteiger partial charge in [-0.2, -0.15) is 5.26 Å². The van der Waals surface area contributed by atoms with Crippen molar-refractivity contribution in [3.8, 4) is 22.9 Å². The van der Waals surface area contributed by atoms with E-state index in [1.54, 1.807) is 18.9 Å². The van der Waals surface area contributed by atoms with Crippen LogP contribution in [0.4, 0.5) is 0 Å². The molecule has 0 N–H and O–H groups in total. The summed E-state index contributed by atoms with van der Waals surface area (Å²) in [4.78, 5) is 7.21. The Kier molecular flexibility index (Phi) is 6.29. The molecule has 1 aliphatic heterocycles. The lowest BCUT2D eigenvalue weighted by Gasteiger charge is -2.28. The Bertz CT molecular complexity index is 1110. The number of thioether (sulfide) groups is 1. The second kappa shape index (κ2) is 9.09. The summed E-state index contributed by atoms with van der Waals surface area (Å²) in [6, 6.07) is 18.1. The van der Waals surface area contributed by atoms with Gasteiger partial charge in [-0.1, -0.05) is 41.9 Å². The number of nitriles is 1. The summed E-state index contributed by atoms with van der Waals surface area (Å²) in [5, 5.41) is 11.6. The van der Waals surface area contributed by atoms with E-state index >= 15 is 0 Å². The van der Waals surface area contributed by atoms with Crippen molar-refractivity contribution >= 4 is 23.4 Å². The van der Waals surface area contributed by atoms with Crippen molar-refractivity contribution in [3.05, 3.63) is 75.9 Å². The zero-order valence-electron chi connectivity index (χ0n) is 17.0. The molecule has 0 atom stereocenters. The number of likely N-dealkylation sites (N-methyl/N-ethyl adjacent to an activating group) is 1. The molecule has 2 aromatic carbocycles. The van der Waals surface area contributed by atoms with Gasteiger partial charge >= 0.3 is 0 Å². The Morgan fingerprint density at radius 3 is 2.70 bits per heavy atom. The van der Waals surface area contributed by atoms with Crippen molar-refractivity contribution in [1.82, 2.24) is 9.88 Å². The Morgan fingerprint density at radius 1 is 1.20 bits per heavy atom. The number of benzene rings is 2. The van der Waals surface area contributed by atoms with Gasteiger partial charge in [-0.3, -0.25) is 0 Å². The second-order valence-electron chi connectivity index (χ2n) is 7.31. The average molecular weight is 436 g/mol. The lowest BCUT2D eigenvalue weighted by atomic mass is 9.91. The van der Waals surface area contributed by atoms with E-state index in [0.29, 0.717) is 5.56 Å². The number of halogens is 1. The first-order valence-corrected chi connectivity index (χ1v) is 11.1. The zero-order valence-corrected chi connectivity index (χ0v) is 18.6. The molecule has 3 aromatic rings. The lowest BCUT2D eigenvalue weighted by molar-refractivity contribution is 0.309. The van der Waals surface area contributed by atoms with Crippen LogP contribution in [0, 0.1) is 11.3 Å². The maximum absolute atomic E-state index is 10.2. The number of hydrogen-bond donors (Lipinski definition) is 0. The summed E-state index contributed by atoms with van der Waals surface area (Å²) in [5.41, 5.74) is 5.86. The van der Waals surface area contributed by atoms with Crippen LogP contribution >= 0.6 is 23.4 Å². The van der Waals surface area contributed by atoms with E-state index in [-0.39, 0.29) is 0 Å². The molecule has 1 aromatic heterocycles. The number of fused-ring (bicyclic) bond motifs is 1. The van der Waals surface area contributed by atoms with E-state index in [9.17, 15) is 5.26 Å². The van der Waals surface area contributed by atoms with Gasteiger partial charge in [-0.05, 0) is 36.4 Å². The minimum atomic E-state index is 0.618. The Morgan fingerprint density at radius 2 is 1.97 bits per heavy atom. The third kappa shape index (κ3) is 4.17. The van der Waals surface area contributed by atoms with Gasteiger partial charge in [0.25, 0.3) is 0 Å². The van der Waals surface area contributed by atoms with Crippen molar-refractivity contribution in [1.29, 1.82) is 5.26 Å². The van der Waals surface area contributed by atoms with Crippen LogP contribution in [-0.2, 0) is 18.7 Å². The molecule has 4 nitrogen and oxygen atoms in total. The Hall–Kier alpha value is -2.52. The van der Waals surface area contributed by atoms with Gasteiger partial charge in [0.1, 0.15) is 16.8 Å². The standard InChI is InChI=1S/C24H22ClN3OS/c1-28-12-11-21-20(14-28)23(18-5-3-4-6-22(18)29-2)19(13-26)24(27-21)30-15-16-7-9-17(25)10-8-16/h3-10H,11-12,14-15H2,1-2H3. The first-order valence-electron chi connectivity index (χ1n) is 9.75. The molecule has 0 unspecified atom stereocenters. The highest BCUT2D eigenvalue weighted by Gasteiger charge is 2.26. The van der Waals surface area contributed by atoms with Crippen LogP contribution in [0.25, 0.3) is 11.1 Å². The molecule has 2 heterocycles. The number of nitrogens with zero attached hydrogens (tertiary/aromatic N) is 3. The minimum Gasteiger partial charge on any atom is -0.496 e. The summed E-state index contributed by atoms with van der Waals surface area (Å²) in [7, 11) is 3.77. The number of hydrogen-bond acceptors (Lipinski definition) is 5. The number of para-hydroxylation sites is 1. The van der Waals surface area contributed by atoms with Gasteiger partial charge in [0.05, 0.1) is 12.7 Å². The van der Waals surface area contributed by atoms with Crippen LogP contribution < -0.4 is 4.74 Å². The highest BCUT2D eigenvalue weighted by atomic mass is 35.5. The van der Waals surface area contributed by atoms with Crippen molar-refractivity contribution < 1.29 is 4.74 Å². The first-order chi connectivity index (χ1) is 14.6. The van der Waals surface area contributed by atoms with Gasteiger partial charge in [-0.25, -0.2) is 4.98 Å². The average Bonchev–Trinajstić information content (AvgIpc) is 2.77. The molecule has 152 valence electrons. The van der Waals surface area contributed by atoms with E-state index in [0.717, 1.165) is 69.0 Å². The first kappa shape index (κ1) is 20.7. The highest BCUT2D eigenvalue weighted by Crippen LogP contribution is 2.41. The van der Waals surface area contributed by atoms with Gasteiger partial charge < -0.3 is 9.64 Å². The van der Waals surface area contributed by atoms with Crippen LogP contribution in [-0.4, -0.2) is 30.6 Å². The topological polar surface area (TPSA) is 49.1 Å². The van der Waals surface area contributed by atoms with E-state index in [1.807, 2.05) is 48.5 Å². The number of rotatable bonds is 5. The number of aromatic nitrogens is 1. The fraction of sp³-hybridized carbons (Fsp3) is 0.250. The van der Waals surface area contributed by atoms with Crippen LogP contribution in [0.1, 0.15) is 22.4 Å². The summed E-state index contributed by atoms with van der Waals surface area (Å²) in [5.74, 6) is 1.49. The summed E-state index contributed by atoms with van der Waals surface area (Å²) < 4.78 is 5.63. The van der Waals surface area contributed by atoms with Crippen LogP contribution in [0.3, 0.4) is 0 Å². The van der Waals surface area contributed by atoms with E-state index in [4.69, 9.17) is 21.3 Å². The quantitative estimate of drug-likeness (QED) is 0.491. The molecule has 0 radical (unpaired) electrons. The van der Waals surface area contributed by atoms with E-state index in [1.165, 1.54) is 0 Å². The lowest BCUT2D eigenvalue weighted by Crippen LogP contribution is -2.28. The van der Waals surface area contributed by atoms with Crippen molar-refractivity contribution in [2.24, 2.45) is 0 Å². The normalized spacial score (nSPS) is 13.5. The monoisotopic (exact) mass is 435 g/mol. The van der Waals surface area contributed by atoms with Crippen LogP contribution in [0.15, 0.2) is 53.6 Å². The maximum Gasteiger partial charge on any atom is 0.126 e.